The van der Waals surface area contributed by atoms with E-state index in [-0.39, 0.29) is 15.7 Å². The molecule has 0 aliphatic rings. The molecule has 110 valence electrons. The maximum atomic E-state index is 12.0. The van der Waals surface area contributed by atoms with Crippen molar-refractivity contribution in [2.75, 3.05) is 10.1 Å². The lowest BCUT2D eigenvalue weighted by Crippen LogP contribution is -2.12. The minimum absolute atomic E-state index is 0.142. The number of rotatable bonds is 5. The Kier molecular flexibility index (Phi) is 4.68. The Bertz CT molecular complexity index is 842. The third kappa shape index (κ3) is 3.79. The number of nitrogens with zero attached hydrogens (tertiary/aromatic N) is 4. The second-order valence-electron chi connectivity index (χ2n) is 3.77. The van der Waals surface area contributed by atoms with E-state index in [0.717, 1.165) is 11.3 Å². The molecule has 10 heteroatoms. The number of nitrogens with one attached hydrogen (secondary N) is 2. The highest BCUT2D eigenvalue weighted by Crippen LogP contribution is 2.19. The SMILES string of the molecule is N#CC(C#N)=NNc1ccc(NS(=O)(=O)c2cccs2)nc1. The third-order valence-corrected chi connectivity index (χ3v) is 5.02. The van der Waals surface area contributed by atoms with Gasteiger partial charge in [0.15, 0.2) is 0 Å². The van der Waals surface area contributed by atoms with E-state index in [0.29, 0.717) is 5.69 Å². The summed E-state index contributed by atoms with van der Waals surface area (Å²) in [6.07, 6.45) is 1.32. The molecule has 2 rings (SSSR count). The van der Waals surface area contributed by atoms with E-state index in [2.05, 4.69) is 20.2 Å². The fraction of sp³-hybridized carbons (Fsp3) is 0. The second-order valence-corrected chi connectivity index (χ2v) is 6.62. The summed E-state index contributed by atoms with van der Waals surface area (Å²) in [4.78, 5) is 3.92. The van der Waals surface area contributed by atoms with Crippen LogP contribution in [0.5, 0.6) is 0 Å². The summed E-state index contributed by atoms with van der Waals surface area (Å²) in [6.45, 7) is 0. The van der Waals surface area contributed by atoms with Crippen LogP contribution in [0.3, 0.4) is 0 Å². The third-order valence-electron chi connectivity index (χ3n) is 2.27. The van der Waals surface area contributed by atoms with E-state index in [1.165, 1.54) is 24.4 Å². The quantitative estimate of drug-likeness (QED) is 0.633. The monoisotopic (exact) mass is 332 g/mol. The molecule has 0 spiro atoms. The van der Waals surface area contributed by atoms with Gasteiger partial charge in [-0.05, 0) is 23.6 Å². The van der Waals surface area contributed by atoms with Crippen LogP contribution in [0.15, 0.2) is 45.2 Å². The van der Waals surface area contributed by atoms with Crippen molar-refractivity contribution in [3.05, 3.63) is 35.8 Å². The zero-order chi connectivity index (χ0) is 16.0. The molecule has 0 fully saturated rings. The number of hydrogen-bond acceptors (Lipinski definition) is 8. The van der Waals surface area contributed by atoms with Crippen molar-refractivity contribution in [1.82, 2.24) is 4.98 Å². The molecule has 0 saturated heterocycles. The van der Waals surface area contributed by atoms with E-state index in [4.69, 9.17) is 10.5 Å². The zero-order valence-corrected chi connectivity index (χ0v) is 12.5. The molecule has 2 aromatic rings. The van der Waals surface area contributed by atoms with Gasteiger partial charge in [-0.3, -0.25) is 10.1 Å². The van der Waals surface area contributed by atoms with Gasteiger partial charge in [0, 0.05) is 0 Å². The Morgan fingerprint density at radius 1 is 1.27 bits per heavy atom. The van der Waals surface area contributed by atoms with Gasteiger partial charge in [0.1, 0.15) is 22.2 Å². The van der Waals surface area contributed by atoms with Crippen LogP contribution < -0.4 is 10.1 Å². The minimum atomic E-state index is -3.64. The maximum Gasteiger partial charge on any atom is 0.272 e. The van der Waals surface area contributed by atoms with E-state index in [1.807, 2.05) is 0 Å². The molecule has 2 N–H and O–H groups in total. The van der Waals surface area contributed by atoms with Crippen LogP contribution in [0.25, 0.3) is 0 Å². The van der Waals surface area contributed by atoms with E-state index < -0.39 is 10.0 Å². The van der Waals surface area contributed by atoms with Crippen LogP contribution in [0.2, 0.25) is 0 Å². The first-order valence-electron chi connectivity index (χ1n) is 5.71. The summed E-state index contributed by atoms with van der Waals surface area (Å²) in [5, 5.41) is 22.3. The second kappa shape index (κ2) is 6.67. The highest BCUT2D eigenvalue weighted by Gasteiger charge is 2.15. The Labute approximate surface area is 130 Å². The first kappa shape index (κ1) is 15.4. The van der Waals surface area contributed by atoms with Crippen LogP contribution in [0.4, 0.5) is 11.5 Å². The van der Waals surface area contributed by atoms with E-state index >= 15 is 0 Å². The predicted molar refractivity (Wildman–Crippen MR) is 81.6 cm³/mol. The van der Waals surface area contributed by atoms with E-state index in [9.17, 15) is 8.42 Å². The fourth-order valence-corrected chi connectivity index (χ4v) is 3.32. The molecule has 22 heavy (non-hydrogen) atoms. The number of anilines is 2. The number of pyridine rings is 1. The lowest BCUT2D eigenvalue weighted by atomic mass is 10.4. The predicted octanol–water partition coefficient (Wildman–Crippen LogP) is 1.76. The van der Waals surface area contributed by atoms with Crippen molar-refractivity contribution < 1.29 is 8.42 Å². The Hall–Kier alpha value is -2.95. The van der Waals surface area contributed by atoms with Crippen molar-refractivity contribution in [3.8, 4) is 12.1 Å². The standard InChI is InChI=1S/C12H8N6O2S2/c13-6-10(7-14)17-16-9-3-4-11(15-8-9)18-22(19,20)12-2-1-5-21-12/h1-5,8,16H,(H,15,18). The Morgan fingerprint density at radius 2 is 2.05 bits per heavy atom. The van der Waals surface area contributed by atoms with Gasteiger partial charge >= 0.3 is 0 Å². The number of aromatic nitrogens is 1. The number of hydrogen-bond donors (Lipinski definition) is 2. The van der Waals surface area contributed by atoms with Gasteiger partial charge in [-0.15, -0.1) is 11.3 Å². The van der Waals surface area contributed by atoms with Crippen molar-refractivity contribution in [2.45, 2.75) is 4.21 Å². The van der Waals surface area contributed by atoms with Crippen LogP contribution >= 0.6 is 11.3 Å². The van der Waals surface area contributed by atoms with Gasteiger partial charge in [0.25, 0.3) is 10.0 Å². The molecule has 8 nitrogen and oxygen atoms in total. The fourth-order valence-electron chi connectivity index (χ4n) is 1.32. The molecule has 0 aliphatic heterocycles. The van der Waals surface area contributed by atoms with Crippen LogP contribution in [-0.2, 0) is 10.0 Å². The van der Waals surface area contributed by atoms with Gasteiger partial charge in [-0.25, -0.2) is 13.4 Å². The highest BCUT2D eigenvalue weighted by molar-refractivity contribution is 7.94. The van der Waals surface area contributed by atoms with Gasteiger partial charge < -0.3 is 0 Å². The summed E-state index contributed by atoms with van der Waals surface area (Å²) in [7, 11) is -3.64. The van der Waals surface area contributed by atoms with Gasteiger partial charge in [0.05, 0.1) is 11.9 Å². The Balaban J connectivity index is 2.09. The molecule has 0 bridgehead atoms. The van der Waals surface area contributed by atoms with Crippen molar-refractivity contribution in [1.29, 1.82) is 10.5 Å². The molecular formula is C12H8N6O2S2. The van der Waals surface area contributed by atoms with Crippen molar-refractivity contribution in [2.24, 2.45) is 5.10 Å². The van der Waals surface area contributed by atoms with Gasteiger partial charge in [-0.1, -0.05) is 6.07 Å². The van der Waals surface area contributed by atoms with Crippen LogP contribution in [0.1, 0.15) is 0 Å². The average Bonchev–Trinajstić information content (AvgIpc) is 3.05. The summed E-state index contributed by atoms with van der Waals surface area (Å²) in [5.41, 5.74) is 2.54. The minimum Gasteiger partial charge on any atom is -0.275 e. The largest absolute Gasteiger partial charge is 0.275 e. The molecule has 2 heterocycles. The molecule has 0 unspecified atom stereocenters. The summed E-state index contributed by atoms with van der Waals surface area (Å²) < 4.78 is 26.5. The maximum absolute atomic E-state index is 12.0. The smallest absolute Gasteiger partial charge is 0.272 e. The van der Waals surface area contributed by atoms with Crippen molar-refractivity contribution >= 4 is 38.6 Å². The van der Waals surface area contributed by atoms with E-state index in [1.54, 1.807) is 23.6 Å². The number of hydrazone groups is 1. The molecule has 2 aromatic heterocycles. The molecular weight excluding hydrogens is 324 g/mol. The first-order valence-corrected chi connectivity index (χ1v) is 8.08. The summed E-state index contributed by atoms with van der Waals surface area (Å²) in [5.74, 6) is 0.142. The molecule has 0 aromatic carbocycles. The summed E-state index contributed by atoms with van der Waals surface area (Å²) >= 11 is 1.10. The van der Waals surface area contributed by atoms with Crippen molar-refractivity contribution in [3.63, 3.8) is 0 Å². The topological polar surface area (TPSA) is 131 Å². The molecule has 0 saturated carbocycles. The van der Waals surface area contributed by atoms with Crippen LogP contribution in [0, 0.1) is 22.7 Å². The molecule has 0 atom stereocenters. The molecule has 0 aliphatic carbocycles. The first-order chi connectivity index (χ1) is 10.5. The lowest BCUT2D eigenvalue weighted by molar-refractivity contribution is 0.603. The Morgan fingerprint density at radius 3 is 2.59 bits per heavy atom. The van der Waals surface area contributed by atoms with Gasteiger partial charge in [0.2, 0.25) is 5.71 Å². The zero-order valence-electron chi connectivity index (χ0n) is 10.9. The number of sulfonamides is 1. The molecule has 0 amide bonds. The molecule has 0 radical (unpaired) electrons. The summed E-state index contributed by atoms with van der Waals surface area (Å²) in [6, 6.07) is 9.26. The normalized spacial score (nSPS) is 10.1. The number of nitriles is 2. The average molecular weight is 332 g/mol. The number of thiophene rings is 1. The highest BCUT2D eigenvalue weighted by atomic mass is 32.2. The van der Waals surface area contributed by atoms with Crippen LogP contribution in [-0.4, -0.2) is 19.1 Å². The lowest BCUT2D eigenvalue weighted by Gasteiger charge is -2.06. The van der Waals surface area contributed by atoms with Gasteiger partial charge in [-0.2, -0.15) is 15.6 Å².